The summed E-state index contributed by atoms with van der Waals surface area (Å²) in [5.74, 6) is -2.96. The van der Waals surface area contributed by atoms with Gasteiger partial charge in [0.2, 0.25) is 5.95 Å². The summed E-state index contributed by atoms with van der Waals surface area (Å²) >= 11 is 6.30. The van der Waals surface area contributed by atoms with E-state index >= 15 is 4.39 Å². The predicted octanol–water partition coefficient (Wildman–Crippen LogP) is 5.30. The number of aromatic nitrogens is 2. The topological polar surface area (TPSA) is 95.5 Å². The number of amides is 1. The van der Waals surface area contributed by atoms with Gasteiger partial charge >= 0.3 is 5.91 Å². The van der Waals surface area contributed by atoms with E-state index in [-0.39, 0.29) is 33.4 Å². The number of aryl methyl sites for hydroxylation is 1. The average Bonchev–Trinajstić information content (AvgIpc) is 3.37. The molecule has 2 heterocycles. The monoisotopic (exact) mass is 491 g/mol. The molecule has 1 atom stereocenters. The van der Waals surface area contributed by atoms with Crippen molar-refractivity contribution in [3.8, 4) is 5.75 Å². The molecule has 0 aliphatic carbocycles. The first-order valence-electron chi connectivity index (χ1n) is 10.7. The number of ether oxygens (including phenoxy) is 1. The Bertz CT molecular complexity index is 1510. The molecule has 9 heteroatoms. The van der Waals surface area contributed by atoms with Gasteiger partial charge in [-0.15, -0.1) is 0 Å². The van der Waals surface area contributed by atoms with Crippen LogP contribution < -0.4 is 9.64 Å². The molecule has 1 fully saturated rings. The van der Waals surface area contributed by atoms with Crippen molar-refractivity contribution in [1.29, 1.82) is 0 Å². The van der Waals surface area contributed by atoms with Gasteiger partial charge in [-0.1, -0.05) is 41.9 Å². The van der Waals surface area contributed by atoms with Gasteiger partial charge in [-0.2, -0.15) is 0 Å². The van der Waals surface area contributed by atoms with E-state index in [9.17, 15) is 14.7 Å². The molecule has 35 heavy (non-hydrogen) atoms. The third kappa shape index (κ3) is 3.63. The molecule has 176 valence electrons. The zero-order valence-corrected chi connectivity index (χ0v) is 19.4. The highest BCUT2D eigenvalue weighted by Crippen LogP contribution is 2.44. The summed E-state index contributed by atoms with van der Waals surface area (Å²) in [5.41, 5.74) is 1.70. The van der Waals surface area contributed by atoms with Crippen LogP contribution in [0.15, 0.2) is 66.2 Å². The van der Waals surface area contributed by atoms with Crippen molar-refractivity contribution in [3.63, 3.8) is 0 Å². The molecule has 4 aromatic rings. The minimum Gasteiger partial charge on any atom is -0.507 e. The van der Waals surface area contributed by atoms with Crippen molar-refractivity contribution in [2.75, 3.05) is 12.0 Å². The Morgan fingerprint density at radius 2 is 1.86 bits per heavy atom. The Balaban J connectivity index is 1.80. The van der Waals surface area contributed by atoms with Gasteiger partial charge in [-0.05, 0) is 42.8 Å². The van der Waals surface area contributed by atoms with Gasteiger partial charge in [0.1, 0.15) is 23.4 Å². The number of rotatable bonds is 4. The molecular formula is C26H19ClFN3O4. The van der Waals surface area contributed by atoms with Crippen molar-refractivity contribution in [2.45, 2.75) is 13.0 Å². The maximum atomic E-state index is 15.1. The van der Waals surface area contributed by atoms with Gasteiger partial charge in [-0.25, -0.2) is 9.37 Å². The van der Waals surface area contributed by atoms with Crippen LogP contribution in [0, 0.1) is 12.7 Å². The van der Waals surface area contributed by atoms with Crippen LogP contribution in [0.1, 0.15) is 22.7 Å². The van der Waals surface area contributed by atoms with Gasteiger partial charge < -0.3 is 14.8 Å². The first-order valence-corrected chi connectivity index (χ1v) is 11.0. The number of hydrogen-bond acceptors (Lipinski definition) is 5. The van der Waals surface area contributed by atoms with Crippen LogP contribution in [0.3, 0.4) is 0 Å². The average molecular weight is 492 g/mol. The number of nitrogens with zero attached hydrogens (tertiary/aromatic N) is 2. The van der Waals surface area contributed by atoms with Crippen molar-refractivity contribution in [2.24, 2.45) is 0 Å². The standard InChI is InChI=1S/C26H19ClFN3O4/c1-13-11-15(24(35-2)16(27)12-13)22(32)20-21(14-7-3-4-8-17(14)28)31(25(34)23(20)33)26-29-18-9-5-6-10-19(18)30-26/h3-12,21,32H,1-2H3,(H,29,30)/b22-20+. The normalized spacial score (nSPS) is 17.4. The number of aliphatic hydroxyl groups is 1. The number of carbonyl (C=O) groups excluding carboxylic acids is 2. The number of para-hydroxylation sites is 2. The van der Waals surface area contributed by atoms with Gasteiger partial charge in [-0.3, -0.25) is 14.5 Å². The number of fused-ring (bicyclic) bond motifs is 1. The number of aliphatic hydroxyl groups excluding tert-OH is 1. The lowest BCUT2D eigenvalue weighted by Gasteiger charge is -2.23. The summed E-state index contributed by atoms with van der Waals surface area (Å²) in [6, 6.07) is 14.8. The molecule has 0 spiro atoms. The van der Waals surface area contributed by atoms with Gasteiger partial charge in [0.25, 0.3) is 5.78 Å². The highest BCUT2D eigenvalue weighted by molar-refractivity contribution is 6.51. The first-order chi connectivity index (χ1) is 16.8. The van der Waals surface area contributed by atoms with Crippen LogP contribution in [0.4, 0.5) is 10.3 Å². The molecule has 1 amide bonds. The van der Waals surface area contributed by atoms with Crippen molar-refractivity contribution >= 4 is 46.0 Å². The van der Waals surface area contributed by atoms with Gasteiger partial charge in [0, 0.05) is 5.56 Å². The number of imidazole rings is 1. The van der Waals surface area contributed by atoms with E-state index in [0.717, 1.165) is 4.90 Å². The number of methoxy groups -OCH3 is 1. The molecular weight excluding hydrogens is 473 g/mol. The molecule has 1 aliphatic heterocycles. The quantitative estimate of drug-likeness (QED) is 0.229. The van der Waals surface area contributed by atoms with Crippen molar-refractivity contribution in [3.05, 3.63) is 93.8 Å². The molecule has 1 saturated heterocycles. The zero-order chi connectivity index (χ0) is 24.9. The maximum Gasteiger partial charge on any atom is 0.302 e. The summed E-state index contributed by atoms with van der Waals surface area (Å²) < 4.78 is 20.4. The lowest BCUT2D eigenvalue weighted by Crippen LogP contribution is -2.30. The number of benzene rings is 3. The Morgan fingerprint density at radius 1 is 1.14 bits per heavy atom. The van der Waals surface area contributed by atoms with E-state index < -0.39 is 29.3 Å². The Morgan fingerprint density at radius 3 is 2.57 bits per heavy atom. The fourth-order valence-electron chi connectivity index (χ4n) is 4.35. The summed E-state index contributed by atoms with van der Waals surface area (Å²) in [7, 11) is 1.37. The maximum absolute atomic E-state index is 15.1. The lowest BCUT2D eigenvalue weighted by molar-refractivity contribution is -0.132. The third-order valence-electron chi connectivity index (χ3n) is 5.90. The summed E-state index contributed by atoms with van der Waals surface area (Å²) in [5, 5.41) is 11.6. The second kappa shape index (κ2) is 8.56. The fraction of sp³-hybridized carbons (Fsp3) is 0.115. The Hall–Kier alpha value is -4.17. The van der Waals surface area contributed by atoms with E-state index in [1.54, 1.807) is 49.4 Å². The van der Waals surface area contributed by atoms with Crippen molar-refractivity contribution in [1.82, 2.24) is 9.97 Å². The van der Waals surface area contributed by atoms with Crippen LogP contribution in [-0.4, -0.2) is 33.9 Å². The van der Waals surface area contributed by atoms with Crippen LogP contribution in [0.5, 0.6) is 5.75 Å². The van der Waals surface area contributed by atoms with Crippen molar-refractivity contribution < 1.29 is 23.8 Å². The summed E-state index contributed by atoms with van der Waals surface area (Å²) in [6.45, 7) is 1.75. The SMILES string of the molecule is COc1c(Cl)cc(C)cc1/C(O)=C1\C(=O)C(=O)N(c2nc3ccccc3[nH]2)C1c1ccccc1F. The molecule has 0 bridgehead atoms. The van der Waals surface area contributed by atoms with Crippen LogP contribution in [-0.2, 0) is 9.59 Å². The third-order valence-corrected chi connectivity index (χ3v) is 6.18. The number of H-pyrrole nitrogens is 1. The molecule has 5 rings (SSSR count). The Kier molecular flexibility index (Phi) is 5.53. The number of ketones is 1. The highest BCUT2D eigenvalue weighted by atomic mass is 35.5. The first kappa shape index (κ1) is 22.6. The van der Waals surface area contributed by atoms with E-state index in [4.69, 9.17) is 16.3 Å². The molecule has 1 aromatic heterocycles. The molecule has 0 saturated carbocycles. The number of halogens is 2. The molecule has 0 radical (unpaired) electrons. The van der Waals surface area contributed by atoms with Crippen LogP contribution in [0.25, 0.3) is 16.8 Å². The molecule has 7 nitrogen and oxygen atoms in total. The van der Waals surface area contributed by atoms with E-state index in [1.165, 1.54) is 25.3 Å². The molecule has 3 aromatic carbocycles. The predicted molar refractivity (Wildman–Crippen MR) is 130 cm³/mol. The smallest absolute Gasteiger partial charge is 0.302 e. The number of Topliss-reactive ketones (excluding diaryl/α,β-unsaturated/α-hetero) is 1. The summed E-state index contributed by atoms with van der Waals surface area (Å²) in [6.07, 6.45) is 0. The Labute approximate surface area is 204 Å². The molecule has 1 aliphatic rings. The van der Waals surface area contributed by atoms with Crippen LogP contribution in [0.2, 0.25) is 5.02 Å². The van der Waals surface area contributed by atoms with Crippen LogP contribution >= 0.6 is 11.6 Å². The lowest BCUT2D eigenvalue weighted by atomic mass is 9.94. The number of aromatic amines is 1. The fourth-order valence-corrected chi connectivity index (χ4v) is 4.70. The number of anilines is 1. The number of carbonyl (C=O) groups is 2. The second-order valence-corrected chi connectivity index (χ2v) is 8.50. The van der Waals surface area contributed by atoms with Gasteiger partial charge in [0.15, 0.2) is 0 Å². The van der Waals surface area contributed by atoms with Gasteiger partial charge in [0.05, 0.1) is 34.3 Å². The number of hydrogen-bond donors (Lipinski definition) is 2. The highest BCUT2D eigenvalue weighted by Gasteiger charge is 2.49. The van der Waals surface area contributed by atoms with E-state index in [2.05, 4.69) is 9.97 Å². The molecule has 1 unspecified atom stereocenters. The zero-order valence-electron chi connectivity index (χ0n) is 18.7. The minimum absolute atomic E-state index is 0.0198. The summed E-state index contributed by atoms with van der Waals surface area (Å²) in [4.78, 5) is 35.2. The van der Waals surface area contributed by atoms with E-state index in [0.29, 0.717) is 16.6 Å². The largest absolute Gasteiger partial charge is 0.507 e. The van der Waals surface area contributed by atoms with E-state index in [1.807, 2.05) is 0 Å². The number of nitrogens with one attached hydrogen (secondary N) is 1. The minimum atomic E-state index is -1.29. The second-order valence-electron chi connectivity index (χ2n) is 8.10. The molecule has 2 N–H and O–H groups in total.